The van der Waals surface area contributed by atoms with E-state index in [1.165, 1.54) is 12.0 Å². The van der Waals surface area contributed by atoms with Crippen molar-refractivity contribution in [1.29, 1.82) is 0 Å². The van der Waals surface area contributed by atoms with E-state index in [2.05, 4.69) is 69.3 Å². The summed E-state index contributed by atoms with van der Waals surface area (Å²) in [6, 6.07) is 9.33. The molecule has 0 radical (unpaired) electrons. The van der Waals surface area contributed by atoms with Crippen LogP contribution in [0.15, 0.2) is 24.3 Å². The maximum absolute atomic E-state index is 5.49. The van der Waals surface area contributed by atoms with Crippen molar-refractivity contribution in [2.75, 3.05) is 27.2 Å². The third kappa shape index (κ3) is 6.49. The molecule has 1 N–H and O–H groups in total. The Bertz CT molecular complexity index is 387. The Balaban J connectivity index is 2.53. The van der Waals surface area contributed by atoms with Crippen molar-refractivity contribution in [1.82, 2.24) is 10.2 Å². The second-order valence-corrected chi connectivity index (χ2v) is 6.38. The fraction of sp³-hybridized carbons (Fsp3) is 0.667. The number of hydrogen-bond donors (Lipinski definition) is 1. The van der Waals surface area contributed by atoms with Crippen LogP contribution in [0.1, 0.15) is 45.7 Å². The molecule has 1 aromatic carbocycles. The fourth-order valence-electron chi connectivity index (χ4n) is 2.47. The normalized spacial score (nSPS) is 14.5. The van der Waals surface area contributed by atoms with Gasteiger partial charge < -0.3 is 15.0 Å². The third-order valence-electron chi connectivity index (χ3n) is 3.82. The van der Waals surface area contributed by atoms with Crippen LogP contribution in [0.5, 0.6) is 5.75 Å². The topological polar surface area (TPSA) is 24.5 Å². The molecule has 0 saturated carbocycles. The predicted octanol–water partition coefficient (Wildman–Crippen LogP) is 3.71. The van der Waals surface area contributed by atoms with Gasteiger partial charge in [-0.1, -0.05) is 26.0 Å². The van der Waals surface area contributed by atoms with Crippen LogP contribution in [-0.4, -0.2) is 38.2 Å². The van der Waals surface area contributed by atoms with Gasteiger partial charge in [0.1, 0.15) is 5.75 Å². The van der Waals surface area contributed by atoms with Crippen molar-refractivity contribution >= 4 is 0 Å². The molecule has 0 aromatic heterocycles. The van der Waals surface area contributed by atoms with E-state index in [9.17, 15) is 0 Å². The maximum Gasteiger partial charge on any atom is 0.119 e. The van der Waals surface area contributed by atoms with Crippen LogP contribution >= 0.6 is 0 Å². The van der Waals surface area contributed by atoms with Crippen molar-refractivity contribution in [3.05, 3.63) is 29.8 Å². The van der Waals surface area contributed by atoms with Gasteiger partial charge in [0.2, 0.25) is 0 Å². The van der Waals surface area contributed by atoms with Crippen molar-refractivity contribution in [3.63, 3.8) is 0 Å². The SMILES string of the molecule is CCOc1ccc(C(C)NCC(CC(C)C)N(C)C)cc1. The minimum absolute atomic E-state index is 0.357. The molecule has 1 aromatic rings. The van der Waals surface area contributed by atoms with E-state index in [1.807, 2.05) is 6.92 Å². The highest BCUT2D eigenvalue weighted by Gasteiger charge is 2.14. The molecule has 0 amide bonds. The molecule has 0 spiro atoms. The van der Waals surface area contributed by atoms with Gasteiger partial charge in [0.15, 0.2) is 0 Å². The van der Waals surface area contributed by atoms with E-state index < -0.39 is 0 Å². The molecule has 0 aliphatic carbocycles. The van der Waals surface area contributed by atoms with Crippen LogP contribution in [-0.2, 0) is 0 Å². The molecular formula is C18H32N2O. The largest absolute Gasteiger partial charge is 0.494 e. The number of benzene rings is 1. The van der Waals surface area contributed by atoms with Crippen LogP contribution in [0.25, 0.3) is 0 Å². The van der Waals surface area contributed by atoms with E-state index >= 15 is 0 Å². The molecule has 0 fully saturated rings. The number of nitrogens with one attached hydrogen (secondary N) is 1. The second-order valence-electron chi connectivity index (χ2n) is 6.38. The summed E-state index contributed by atoms with van der Waals surface area (Å²) in [6.07, 6.45) is 1.22. The van der Waals surface area contributed by atoms with E-state index in [0.29, 0.717) is 18.7 Å². The Morgan fingerprint density at radius 3 is 2.19 bits per heavy atom. The summed E-state index contributed by atoms with van der Waals surface area (Å²) in [5.41, 5.74) is 1.31. The van der Waals surface area contributed by atoms with Crippen molar-refractivity contribution in [2.24, 2.45) is 5.92 Å². The first-order valence-corrected chi connectivity index (χ1v) is 8.06. The fourth-order valence-corrected chi connectivity index (χ4v) is 2.47. The number of hydrogen-bond acceptors (Lipinski definition) is 3. The number of likely N-dealkylation sites (N-methyl/N-ethyl adjacent to an activating group) is 1. The van der Waals surface area contributed by atoms with Gasteiger partial charge in [0.05, 0.1) is 6.61 Å². The molecule has 120 valence electrons. The van der Waals surface area contributed by atoms with Gasteiger partial charge in [-0.2, -0.15) is 0 Å². The zero-order valence-corrected chi connectivity index (χ0v) is 14.5. The van der Waals surface area contributed by atoms with Gasteiger partial charge in [0, 0.05) is 18.6 Å². The quantitative estimate of drug-likeness (QED) is 0.751. The monoisotopic (exact) mass is 292 g/mol. The molecule has 3 nitrogen and oxygen atoms in total. The van der Waals surface area contributed by atoms with Crippen LogP contribution < -0.4 is 10.1 Å². The summed E-state index contributed by atoms with van der Waals surface area (Å²) < 4.78 is 5.49. The average molecular weight is 292 g/mol. The summed E-state index contributed by atoms with van der Waals surface area (Å²) in [5.74, 6) is 1.67. The van der Waals surface area contributed by atoms with E-state index in [4.69, 9.17) is 4.74 Å². The summed E-state index contributed by atoms with van der Waals surface area (Å²) in [5, 5.41) is 3.65. The Morgan fingerprint density at radius 1 is 1.10 bits per heavy atom. The van der Waals surface area contributed by atoms with Gasteiger partial charge in [-0.3, -0.25) is 0 Å². The molecule has 0 heterocycles. The van der Waals surface area contributed by atoms with Crippen molar-refractivity contribution in [3.8, 4) is 5.75 Å². The lowest BCUT2D eigenvalue weighted by atomic mass is 10.0. The minimum atomic E-state index is 0.357. The molecule has 1 rings (SSSR count). The summed E-state index contributed by atoms with van der Waals surface area (Å²) in [7, 11) is 4.33. The Labute approximate surface area is 130 Å². The first-order valence-electron chi connectivity index (χ1n) is 8.06. The van der Waals surface area contributed by atoms with Crippen molar-refractivity contribution in [2.45, 2.75) is 46.2 Å². The standard InChI is InChI=1S/C18H32N2O/c1-7-21-18-10-8-16(9-11-18)15(4)19-13-17(20(5)6)12-14(2)3/h8-11,14-15,17,19H,7,12-13H2,1-6H3. The molecule has 2 atom stereocenters. The highest BCUT2D eigenvalue weighted by Crippen LogP contribution is 2.18. The molecule has 2 unspecified atom stereocenters. The number of ether oxygens (including phenoxy) is 1. The Morgan fingerprint density at radius 2 is 1.71 bits per heavy atom. The summed E-state index contributed by atoms with van der Waals surface area (Å²) in [6.45, 7) is 10.5. The lowest BCUT2D eigenvalue weighted by molar-refractivity contribution is 0.242. The average Bonchev–Trinajstić information content (AvgIpc) is 2.43. The zero-order valence-electron chi connectivity index (χ0n) is 14.5. The zero-order chi connectivity index (χ0) is 15.8. The van der Waals surface area contributed by atoms with Crippen LogP contribution in [0.2, 0.25) is 0 Å². The molecule has 3 heteroatoms. The van der Waals surface area contributed by atoms with Crippen LogP contribution in [0, 0.1) is 5.92 Å². The molecule has 0 aliphatic heterocycles. The lowest BCUT2D eigenvalue weighted by Crippen LogP contribution is -2.39. The van der Waals surface area contributed by atoms with Crippen LogP contribution in [0.4, 0.5) is 0 Å². The second kappa shape index (κ2) is 9.06. The first-order chi connectivity index (χ1) is 9.93. The molecule has 21 heavy (non-hydrogen) atoms. The van der Waals surface area contributed by atoms with Crippen molar-refractivity contribution < 1.29 is 4.74 Å². The molecule has 0 aliphatic rings. The van der Waals surface area contributed by atoms with Gasteiger partial charge in [-0.05, 0) is 58.0 Å². The van der Waals surface area contributed by atoms with E-state index in [1.54, 1.807) is 0 Å². The number of rotatable bonds is 9. The maximum atomic E-state index is 5.49. The van der Waals surface area contributed by atoms with Gasteiger partial charge in [-0.15, -0.1) is 0 Å². The molecule has 0 saturated heterocycles. The third-order valence-corrected chi connectivity index (χ3v) is 3.82. The Kier molecular flexibility index (Phi) is 7.76. The molecule has 0 bridgehead atoms. The van der Waals surface area contributed by atoms with Gasteiger partial charge >= 0.3 is 0 Å². The summed E-state index contributed by atoms with van der Waals surface area (Å²) in [4.78, 5) is 2.32. The lowest BCUT2D eigenvalue weighted by Gasteiger charge is -2.28. The van der Waals surface area contributed by atoms with Crippen LogP contribution in [0.3, 0.4) is 0 Å². The smallest absolute Gasteiger partial charge is 0.119 e. The number of nitrogens with zero attached hydrogens (tertiary/aromatic N) is 1. The van der Waals surface area contributed by atoms with Gasteiger partial charge in [0.25, 0.3) is 0 Å². The van der Waals surface area contributed by atoms with Gasteiger partial charge in [-0.25, -0.2) is 0 Å². The van der Waals surface area contributed by atoms with E-state index in [0.717, 1.165) is 18.2 Å². The molecular weight excluding hydrogens is 260 g/mol. The van der Waals surface area contributed by atoms with E-state index in [-0.39, 0.29) is 0 Å². The highest BCUT2D eigenvalue weighted by molar-refractivity contribution is 5.28. The first kappa shape index (κ1) is 18.0. The predicted molar refractivity (Wildman–Crippen MR) is 91.0 cm³/mol. The minimum Gasteiger partial charge on any atom is -0.494 e. The Hall–Kier alpha value is -1.06. The highest BCUT2D eigenvalue weighted by atomic mass is 16.5. The summed E-state index contributed by atoms with van der Waals surface area (Å²) >= 11 is 0.